The van der Waals surface area contributed by atoms with E-state index >= 15 is 0 Å². The Balaban J connectivity index is 1.89. The first kappa shape index (κ1) is 12.4. The highest BCUT2D eigenvalue weighted by atomic mass is 32.1. The van der Waals surface area contributed by atoms with E-state index in [9.17, 15) is 5.11 Å². The first-order valence-electron chi connectivity index (χ1n) is 5.59. The summed E-state index contributed by atoms with van der Waals surface area (Å²) in [7, 11) is 0. The van der Waals surface area contributed by atoms with Gasteiger partial charge in [-0.2, -0.15) is 11.3 Å². The molecule has 2 N–H and O–H groups in total. The zero-order valence-corrected chi connectivity index (χ0v) is 10.9. The first-order valence-corrected chi connectivity index (χ1v) is 6.53. The lowest BCUT2D eigenvalue weighted by atomic mass is 10.0. The van der Waals surface area contributed by atoms with Crippen molar-refractivity contribution in [2.45, 2.75) is 26.0 Å². The second kappa shape index (κ2) is 5.04. The van der Waals surface area contributed by atoms with E-state index in [-0.39, 0.29) is 0 Å². The third-order valence-electron chi connectivity index (χ3n) is 2.65. The van der Waals surface area contributed by atoms with Crippen LogP contribution in [-0.2, 0) is 12.1 Å². The number of aliphatic hydroxyl groups is 1. The van der Waals surface area contributed by atoms with Gasteiger partial charge in [0.2, 0.25) is 0 Å². The van der Waals surface area contributed by atoms with Crippen molar-refractivity contribution in [3.8, 4) is 0 Å². The topological polar surface area (TPSA) is 45.4 Å². The van der Waals surface area contributed by atoms with Gasteiger partial charge in [-0.25, -0.2) is 0 Å². The van der Waals surface area contributed by atoms with Crippen LogP contribution in [0.2, 0.25) is 0 Å². The largest absolute Gasteiger partial charge is 0.463 e. The van der Waals surface area contributed by atoms with Gasteiger partial charge in [-0.3, -0.25) is 0 Å². The van der Waals surface area contributed by atoms with Gasteiger partial charge in [0.25, 0.3) is 0 Å². The molecule has 17 heavy (non-hydrogen) atoms. The molecule has 3 nitrogen and oxygen atoms in total. The third-order valence-corrected chi connectivity index (χ3v) is 3.38. The lowest BCUT2D eigenvalue weighted by molar-refractivity contribution is 0.0333. The van der Waals surface area contributed by atoms with Gasteiger partial charge in [-0.1, -0.05) is 0 Å². The molecule has 2 heterocycles. The molecule has 2 rings (SSSR count). The summed E-state index contributed by atoms with van der Waals surface area (Å²) in [6, 6.07) is 5.76. The Kier molecular flexibility index (Phi) is 3.66. The minimum Gasteiger partial charge on any atom is -0.463 e. The van der Waals surface area contributed by atoms with Crippen LogP contribution in [0.15, 0.2) is 33.4 Å². The van der Waals surface area contributed by atoms with E-state index in [0.29, 0.717) is 12.3 Å². The maximum Gasteiger partial charge on any atom is 0.136 e. The van der Waals surface area contributed by atoms with Crippen LogP contribution >= 0.6 is 11.3 Å². The Labute approximate surface area is 105 Å². The van der Waals surface area contributed by atoms with Crippen LogP contribution < -0.4 is 5.32 Å². The highest BCUT2D eigenvalue weighted by molar-refractivity contribution is 7.07. The van der Waals surface area contributed by atoms with E-state index in [0.717, 1.165) is 12.3 Å². The smallest absolute Gasteiger partial charge is 0.136 e. The Morgan fingerprint density at radius 3 is 2.82 bits per heavy atom. The molecule has 0 saturated carbocycles. The molecule has 1 unspecified atom stereocenters. The first-order chi connectivity index (χ1) is 8.08. The van der Waals surface area contributed by atoms with E-state index in [1.54, 1.807) is 18.3 Å². The fraction of sp³-hybridized carbons (Fsp3) is 0.385. The number of hydrogen-bond acceptors (Lipinski definition) is 4. The molecule has 0 spiro atoms. The zero-order chi connectivity index (χ0) is 12.3. The standard InChI is InChI=1S/C13H17NO2S/c1-10-3-4-12(16-10)13(2,15)9-14-7-11-5-6-17-8-11/h3-6,8,14-15H,7,9H2,1-2H3. The van der Waals surface area contributed by atoms with Crippen LogP contribution in [0, 0.1) is 6.92 Å². The van der Waals surface area contributed by atoms with Gasteiger partial charge in [0.15, 0.2) is 0 Å². The molecule has 1 atom stereocenters. The molecule has 4 heteroatoms. The van der Waals surface area contributed by atoms with Crippen molar-refractivity contribution < 1.29 is 9.52 Å². The van der Waals surface area contributed by atoms with Crippen molar-refractivity contribution in [1.82, 2.24) is 5.32 Å². The maximum atomic E-state index is 10.3. The van der Waals surface area contributed by atoms with E-state index in [4.69, 9.17) is 4.42 Å². The van der Waals surface area contributed by atoms with Gasteiger partial charge in [0.1, 0.15) is 17.1 Å². The minimum absolute atomic E-state index is 0.468. The number of furan rings is 1. The number of rotatable bonds is 5. The summed E-state index contributed by atoms with van der Waals surface area (Å²) >= 11 is 1.68. The Bertz CT molecular complexity index is 459. The molecule has 0 aliphatic rings. The van der Waals surface area contributed by atoms with E-state index in [1.807, 2.05) is 24.4 Å². The quantitative estimate of drug-likeness (QED) is 0.858. The molecular formula is C13H17NO2S. The van der Waals surface area contributed by atoms with Crippen molar-refractivity contribution in [2.24, 2.45) is 0 Å². The fourth-order valence-corrected chi connectivity index (χ4v) is 2.32. The van der Waals surface area contributed by atoms with Crippen molar-refractivity contribution in [1.29, 1.82) is 0 Å². The minimum atomic E-state index is -0.968. The average Bonchev–Trinajstić information content (AvgIpc) is 2.89. The summed E-state index contributed by atoms with van der Waals surface area (Å²) in [6.45, 7) is 4.86. The summed E-state index contributed by atoms with van der Waals surface area (Å²) in [5.41, 5.74) is 0.269. The van der Waals surface area contributed by atoms with Crippen molar-refractivity contribution in [3.05, 3.63) is 46.0 Å². The van der Waals surface area contributed by atoms with Gasteiger partial charge in [-0.15, -0.1) is 0 Å². The molecule has 0 aliphatic heterocycles. The summed E-state index contributed by atoms with van der Waals surface area (Å²) in [5, 5.41) is 17.6. The third kappa shape index (κ3) is 3.19. The normalized spacial score (nSPS) is 14.8. The molecule has 0 radical (unpaired) electrons. The molecule has 0 fully saturated rings. The summed E-state index contributed by atoms with van der Waals surface area (Å²) in [4.78, 5) is 0. The highest BCUT2D eigenvalue weighted by Gasteiger charge is 2.26. The van der Waals surface area contributed by atoms with E-state index in [1.165, 1.54) is 5.56 Å². The molecule has 0 aliphatic carbocycles. The zero-order valence-electron chi connectivity index (χ0n) is 10.1. The predicted molar refractivity (Wildman–Crippen MR) is 69.0 cm³/mol. The average molecular weight is 251 g/mol. The van der Waals surface area contributed by atoms with Crippen LogP contribution in [0.4, 0.5) is 0 Å². The monoisotopic (exact) mass is 251 g/mol. The number of aryl methyl sites for hydroxylation is 1. The predicted octanol–water partition coefficient (Wildman–Crippen LogP) is 2.65. The molecule has 2 aromatic heterocycles. The van der Waals surface area contributed by atoms with Crippen molar-refractivity contribution in [3.63, 3.8) is 0 Å². The number of nitrogens with one attached hydrogen (secondary N) is 1. The van der Waals surface area contributed by atoms with Crippen LogP contribution in [-0.4, -0.2) is 11.7 Å². The highest BCUT2D eigenvalue weighted by Crippen LogP contribution is 2.22. The van der Waals surface area contributed by atoms with E-state index in [2.05, 4.69) is 16.8 Å². The van der Waals surface area contributed by atoms with Gasteiger partial charge in [0, 0.05) is 13.1 Å². The van der Waals surface area contributed by atoms with E-state index < -0.39 is 5.60 Å². The van der Waals surface area contributed by atoms with Crippen molar-refractivity contribution >= 4 is 11.3 Å². The lowest BCUT2D eigenvalue weighted by Gasteiger charge is -2.21. The molecule has 92 valence electrons. The second-order valence-corrected chi connectivity index (χ2v) is 5.20. The lowest BCUT2D eigenvalue weighted by Crippen LogP contribution is -2.34. The number of hydrogen-bond donors (Lipinski definition) is 2. The molecule has 0 bridgehead atoms. The van der Waals surface area contributed by atoms with Gasteiger partial charge < -0.3 is 14.8 Å². The summed E-state index contributed by atoms with van der Waals surface area (Å²) < 4.78 is 5.45. The van der Waals surface area contributed by atoms with Crippen LogP contribution in [0.3, 0.4) is 0 Å². The van der Waals surface area contributed by atoms with Crippen molar-refractivity contribution in [2.75, 3.05) is 6.54 Å². The van der Waals surface area contributed by atoms with Gasteiger partial charge >= 0.3 is 0 Å². The molecule has 0 saturated heterocycles. The second-order valence-electron chi connectivity index (χ2n) is 4.42. The Morgan fingerprint density at radius 1 is 1.41 bits per heavy atom. The van der Waals surface area contributed by atoms with Crippen LogP contribution in [0.1, 0.15) is 24.0 Å². The molecule has 0 amide bonds. The Hall–Kier alpha value is -1.10. The molecule has 2 aromatic rings. The van der Waals surface area contributed by atoms with Crippen LogP contribution in [0.25, 0.3) is 0 Å². The maximum absolute atomic E-state index is 10.3. The Morgan fingerprint density at radius 2 is 2.24 bits per heavy atom. The fourth-order valence-electron chi connectivity index (χ4n) is 1.65. The van der Waals surface area contributed by atoms with Crippen LogP contribution in [0.5, 0.6) is 0 Å². The number of thiophene rings is 1. The molecule has 0 aromatic carbocycles. The SMILES string of the molecule is Cc1ccc(C(C)(O)CNCc2ccsc2)o1. The summed E-state index contributed by atoms with van der Waals surface area (Å²) in [6.07, 6.45) is 0. The summed E-state index contributed by atoms with van der Waals surface area (Å²) in [5.74, 6) is 1.42. The van der Waals surface area contributed by atoms with Gasteiger partial charge in [-0.05, 0) is 48.4 Å². The van der Waals surface area contributed by atoms with Gasteiger partial charge in [0.05, 0.1) is 0 Å². The molecular weight excluding hydrogens is 234 g/mol.